The number of rotatable bonds is 15. The summed E-state index contributed by atoms with van der Waals surface area (Å²) in [5.74, 6) is 1.10. The van der Waals surface area contributed by atoms with E-state index in [9.17, 15) is 19.2 Å². The second-order valence-electron chi connectivity index (χ2n) is 14.7. The molecule has 4 amide bonds. The van der Waals surface area contributed by atoms with Crippen molar-refractivity contribution < 1.29 is 38.1 Å². The molecule has 0 aliphatic carbocycles. The molecule has 13 nitrogen and oxygen atoms in total. The maximum atomic E-state index is 13.0. The molecule has 5 aromatic rings. The van der Waals surface area contributed by atoms with Crippen molar-refractivity contribution in [1.82, 2.24) is 10.3 Å². The Labute approximate surface area is 345 Å². The molecule has 0 saturated carbocycles. The average molecular weight is 804 g/mol. The maximum absolute atomic E-state index is 13.0. The molecule has 0 fully saturated rings. The summed E-state index contributed by atoms with van der Waals surface area (Å²) >= 11 is 0. The summed E-state index contributed by atoms with van der Waals surface area (Å²) in [7, 11) is 6.13. The molecule has 0 unspecified atom stereocenters. The summed E-state index contributed by atoms with van der Waals surface area (Å²) in [6, 6.07) is 26.8. The Kier molecular flexibility index (Phi) is 15.2. The van der Waals surface area contributed by atoms with E-state index in [2.05, 4.69) is 34.8 Å². The van der Waals surface area contributed by atoms with Crippen LogP contribution < -0.4 is 40.6 Å². The average Bonchev–Trinajstić information content (AvgIpc) is 3.23. The first-order valence-corrected chi connectivity index (χ1v) is 18.8. The molecule has 5 rings (SSSR count). The molecular formula is C46H53N5O8. The summed E-state index contributed by atoms with van der Waals surface area (Å²) in [6.45, 7) is 9.90. The van der Waals surface area contributed by atoms with Crippen molar-refractivity contribution in [2.24, 2.45) is 5.73 Å². The monoisotopic (exact) mass is 803 g/mol. The third-order valence-electron chi connectivity index (χ3n) is 9.87. The molecule has 0 spiro atoms. The van der Waals surface area contributed by atoms with Gasteiger partial charge in [0, 0.05) is 53.9 Å². The number of methoxy groups -OCH3 is 4. The fraction of sp³-hybridized carbons (Fsp3) is 0.283. The van der Waals surface area contributed by atoms with Gasteiger partial charge >= 0.3 is 0 Å². The van der Waals surface area contributed by atoms with Crippen molar-refractivity contribution in [2.45, 2.75) is 51.9 Å². The zero-order chi connectivity index (χ0) is 43.3. The van der Waals surface area contributed by atoms with Gasteiger partial charge in [-0.15, -0.1) is 0 Å². The summed E-state index contributed by atoms with van der Waals surface area (Å²) in [6.07, 6.45) is 4.30. The molecule has 0 bridgehead atoms. The van der Waals surface area contributed by atoms with E-state index in [4.69, 9.17) is 24.7 Å². The lowest BCUT2D eigenvalue weighted by Gasteiger charge is -2.28. The Morgan fingerprint density at radius 3 is 1.66 bits per heavy atom. The van der Waals surface area contributed by atoms with Crippen molar-refractivity contribution >= 4 is 35.0 Å². The van der Waals surface area contributed by atoms with E-state index in [-0.39, 0.29) is 23.1 Å². The number of hydrogen-bond donors (Lipinski definition) is 4. The number of anilines is 2. The molecule has 13 heteroatoms. The number of nitrogens with zero attached hydrogens (tertiary/aromatic N) is 1. The minimum atomic E-state index is -0.772. The standard InChI is InChI=1S/C27H31N3O4.C19H22N2O4/c1-18(31)29-14-12-27(2,3)23-10-9-21(16-22(23)20-7-6-13-28-17-20)30-26(32)19-8-11-24(33-4)25(15-19)34-5;1-19(2,18(20)23)13-6-8-14(9-7-13)21-17(22)12-5-10-15(24-3)16(11-12)25-4/h6-11,13,15-17H,12,14H2,1-5H3,(H,29,31)(H,30,32);5-11H,1-4H3,(H2,20,23)(H,21,22). The number of amides is 4. The Morgan fingerprint density at radius 1 is 0.661 bits per heavy atom. The van der Waals surface area contributed by atoms with Crippen molar-refractivity contribution in [3.05, 3.63) is 126 Å². The lowest BCUT2D eigenvalue weighted by Crippen LogP contribution is -2.35. The first-order chi connectivity index (χ1) is 28.0. The lowest BCUT2D eigenvalue weighted by molar-refractivity contribution is -0.122. The summed E-state index contributed by atoms with van der Waals surface area (Å²) in [4.78, 5) is 52.5. The number of pyridine rings is 1. The van der Waals surface area contributed by atoms with Crippen molar-refractivity contribution in [3.8, 4) is 34.1 Å². The van der Waals surface area contributed by atoms with Crippen molar-refractivity contribution in [3.63, 3.8) is 0 Å². The molecule has 0 radical (unpaired) electrons. The number of carbonyl (C=O) groups excluding carboxylic acids is 4. The molecule has 59 heavy (non-hydrogen) atoms. The van der Waals surface area contributed by atoms with Gasteiger partial charge in [0.1, 0.15) is 0 Å². The second-order valence-corrected chi connectivity index (χ2v) is 14.7. The van der Waals surface area contributed by atoms with E-state index in [1.807, 2.05) is 36.5 Å². The zero-order valence-electron chi connectivity index (χ0n) is 35.0. The van der Waals surface area contributed by atoms with Crippen LogP contribution in [0.1, 0.15) is 72.9 Å². The highest BCUT2D eigenvalue weighted by Gasteiger charge is 2.27. The highest BCUT2D eigenvalue weighted by molar-refractivity contribution is 6.05. The molecule has 4 aromatic carbocycles. The number of ether oxygens (including phenoxy) is 4. The minimum Gasteiger partial charge on any atom is -0.493 e. The van der Waals surface area contributed by atoms with Crippen molar-refractivity contribution in [1.29, 1.82) is 0 Å². The van der Waals surface area contributed by atoms with Gasteiger partial charge in [0.2, 0.25) is 11.8 Å². The number of aromatic nitrogens is 1. The molecule has 0 aliphatic heterocycles. The van der Waals surface area contributed by atoms with E-state index in [1.165, 1.54) is 28.3 Å². The van der Waals surface area contributed by atoms with Gasteiger partial charge in [-0.05, 0) is 109 Å². The van der Waals surface area contributed by atoms with Crippen LogP contribution in [-0.4, -0.2) is 63.6 Å². The Hall–Kier alpha value is -6.89. The largest absolute Gasteiger partial charge is 0.493 e. The fourth-order valence-corrected chi connectivity index (χ4v) is 6.13. The normalized spacial score (nSPS) is 10.9. The van der Waals surface area contributed by atoms with Crippen LogP contribution in [0, 0.1) is 0 Å². The summed E-state index contributed by atoms with van der Waals surface area (Å²) in [5.41, 5.74) is 10.4. The quantitative estimate of drug-likeness (QED) is 0.0832. The first-order valence-electron chi connectivity index (χ1n) is 18.8. The van der Waals surface area contributed by atoms with E-state index < -0.39 is 11.3 Å². The highest BCUT2D eigenvalue weighted by Crippen LogP contribution is 2.37. The molecule has 5 N–H and O–H groups in total. The molecule has 0 saturated heterocycles. The van der Waals surface area contributed by atoms with Gasteiger partial charge in [0.05, 0.1) is 33.9 Å². The van der Waals surface area contributed by atoms with Crippen LogP contribution in [0.3, 0.4) is 0 Å². The van der Waals surface area contributed by atoms with E-state index in [1.54, 1.807) is 87.8 Å². The van der Waals surface area contributed by atoms with Crippen LogP contribution in [0.2, 0.25) is 0 Å². The van der Waals surface area contributed by atoms with Gasteiger partial charge in [0.25, 0.3) is 11.8 Å². The van der Waals surface area contributed by atoms with Gasteiger partial charge in [-0.1, -0.05) is 38.1 Å². The van der Waals surface area contributed by atoms with Gasteiger partial charge in [0.15, 0.2) is 23.0 Å². The predicted octanol–water partition coefficient (Wildman–Crippen LogP) is 7.54. The van der Waals surface area contributed by atoms with Gasteiger partial charge in [-0.3, -0.25) is 24.2 Å². The van der Waals surface area contributed by atoms with Crippen molar-refractivity contribution in [2.75, 3.05) is 45.6 Å². The van der Waals surface area contributed by atoms with E-state index in [0.29, 0.717) is 52.0 Å². The number of benzene rings is 4. The number of primary amides is 1. The van der Waals surface area contributed by atoms with E-state index in [0.717, 1.165) is 28.7 Å². The van der Waals surface area contributed by atoms with Gasteiger partial charge < -0.3 is 40.6 Å². The Bertz CT molecular complexity index is 2260. The summed E-state index contributed by atoms with van der Waals surface area (Å²) < 4.78 is 20.9. The van der Waals surface area contributed by atoms with E-state index >= 15 is 0 Å². The lowest BCUT2D eigenvalue weighted by atomic mass is 9.77. The maximum Gasteiger partial charge on any atom is 0.255 e. The van der Waals surface area contributed by atoms with Crippen LogP contribution in [0.15, 0.2) is 103 Å². The smallest absolute Gasteiger partial charge is 0.255 e. The SMILES string of the molecule is COc1ccc(C(=O)Nc2ccc(C(C)(C)C(N)=O)cc2)cc1OC.COc1ccc(C(=O)Nc2ccc(C(C)(C)CCNC(C)=O)c(-c3cccnc3)c2)cc1OC. The summed E-state index contributed by atoms with van der Waals surface area (Å²) in [5, 5.41) is 8.66. The number of carbonyl (C=O) groups is 4. The topological polar surface area (TPSA) is 180 Å². The Balaban J connectivity index is 0.000000273. The minimum absolute atomic E-state index is 0.0449. The zero-order valence-corrected chi connectivity index (χ0v) is 35.0. The Morgan fingerprint density at radius 2 is 1.19 bits per heavy atom. The predicted molar refractivity (Wildman–Crippen MR) is 230 cm³/mol. The van der Waals surface area contributed by atoms with Gasteiger partial charge in [-0.2, -0.15) is 0 Å². The van der Waals surface area contributed by atoms with Crippen LogP contribution in [0.25, 0.3) is 11.1 Å². The van der Waals surface area contributed by atoms with Gasteiger partial charge in [-0.25, -0.2) is 0 Å². The molecule has 1 heterocycles. The molecule has 0 aliphatic rings. The van der Waals surface area contributed by atoms with Crippen LogP contribution in [0.4, 0.5) is 11.4 Å². The molecule has 0 atom stereocenters. The fourth-order valence-electron chi connectivity index (χ4n) is 6.13. The highest BCUT2D eigenvalue weighted by atomic mass is 16.5. The van der Waals surface area contributed by atoms with Crippen LogP contribution in [0.5, 0.6) is 23.0 Å². The third kappa shape index (κ3) is 11.6. The molecular weight excluding hydrogens is 751 g/mol. The number of nitrogens with two attached hydrogens (primary N) is 1. The second kappa shape index (κ2) is 20.0. The molecule has 1 aromatic heterocycles. The third-order valence-corrected chi connectivity index (χ3v) is 9.87. The molecule has 310 valence electrons. The number of hydrogen-bond acceptors (Lipinski definition) is 9. The van der Waals surface area contributed by atoms with Crippen LogP contribution >= 0.6 is 0 Å². The van der Waals surface area contributed by atoms with Crippen LogP contribution in [-0.2, 0) is 20.4 Å². The first kappa shape index (κ1) is 44.8. The number of nitrogens with one attached hydrogen (secondary N) is 3.